The van der Waals surface area contributed by atoms with Crippen molar-refractivity contribution in [1.82, 2.24) is 15.4 Å². The van der Waals surface area contributed by atoms with Crippen molar-refractivity contribution < 1.29 is 85.5 Å². The van der Waals surface area contributed by atoms with E-state index in [2.05, 4.69) is 10.6 Å². The number of fused-ring (bicyclic) bond motifs is 4. The molecule has 5 aromatic rings. The quantitative estimate of drug-likeness (QED) is 0.0561. The second kappa shape index (κ2) is 21.4. The second-order valence-electron chi connectivity index (χ2n) is 16.3. The van der Waals surface area contributed by atoms with Crippen LogP contribution >= 0.6 is 18.9 Å². The van der Waals surface area contributed by atoms with E-state index < -0.39 is 96.8 Å². The van der Waals surface area contributed by atoms with Gasteiger partial charge in [-0.2, -0.15) is 9.98 Å². The third-order valence-electron chi connectivity index (χ3n) is 11.4. The van der Waals surface area contributed by atoms with Gasteiger partial charge in [-0.15, -0.1) is 11.3 Å². The Labute approximate surface area is 412 Å². The fourth-order valence-corrected chi connectivity index (χ4v) is 12.3. The average Bonchev–Trinajstić information content (AvgIpc) is 3.82. The average molecular weight is 1050 g/mol. The molecule has 7 rings (SSSR count). The first-order valence-corrected chi connectivity index (χ1v) is 25.7. The SMILES string of the molecule is Cc1c(-c2ccc(S(=O)(=O)NCP(=O)(O)Oc3ccc(C#N)c(F)c3)s2)ccc(-c2cc3c(CC(=O)O)c(c2CC(=O)O)C(=O)NCCCO3)c1-c1cc2c(CC(=O)O)c(c1CC(=O)O)C(=O)NCCCO2. The van der Waals surface area contributed by atoms with Gasteiger partial charge >= 0.3 is 31.5 Å². The summed E-state index contributed by atoms with van der Waals surface area (Å²) in [6.45, 7) is 1.63. The lowest BCUT2D eigenvalue weighted by molar-refractivity contribution is -0.137. The van der Waals surface area contributed by atoms with Crippen molar-refractivity contribution in [1.29, 1.82) is 5.26 Å². The minimum absolute atomic E-state index is 0.00459. The molecule has 25 heteroatoms. The molecule has 2 aliphatic heterocycles. The Hall–Kier alpha value is -7.68. The Morgan fingerprint density at radius 1 is 0.750 bits per heavy atom. The van der Waals surface area contributed by atoms with Crippen LogP contribution < -0.4 is 29.4 Å². The molecule has 0 radical (unpaired) electrons. The van der Waals surface area contributed by atoms with E-state index in [0.717, 1.165) is 12.1 Å². The number of nitriles is 1. The van der Waals surface area contributed by atoms with Gasteiger partial charge in [0, 0.05) is 35.2 Å². The van der Waals surface area contributed by atoms with Gasteiger partial charge in [0.2, 0.25) is 0 Å². The number of thiophene rings is 1. The molecule has 1 atom stereocenters. The topological polar surface area (TPSA) is 342 Å². The molecule has 4 bridgehead atoms. The zero-order valence-corrected chi connectivity index (χ0v) is 40.2. The first kappa shape index (κ1) is 52.2. The van der Waals surface area contributed by atoms with Gasteiger partial charge in [-0.25, -0.2) is 17.4 Å². The molecule has 72 heavy (non-hydrogen) atoms. The normalized spacial score (nSPS) is 14.4. The highest BCUT2D eigenvalue weighted by molar-refractivity contribution is 7.92. The zero-order valence-electron chi connectivity index (χ0n) is 37.7. The number of benzene rings is 4. The van der Waals surface area contributed by atoms with E-state index in [-0.39, 0.29) is 132 Å². The summed E-state index contributed by atoms with van der Waals surface area (Å²) in [7, 11) is -9.46. The molecule has 0 spiro atoms. The van der Waals surface area contributed by atoms with E-state index >= 15 is 0 Å². The molecule has 2 aliphatic rings. The van der Waals surface area contributed by atoms with Crippen LogP contribution in [0.4, 0.5) is 4.39 Å². The predicted molar refractivity (Wildman–Crippen MR) is 252 cm³/mol. The largest absolute Gasteiger partial charge is 0.493 e. The number of ether oxygens (including phenoxy) is 2. The van der Waals surface area contributed by atoms with Crippen molar-refractivity contribution in [2.75, 3.05) is 32.6 Å². The van der Waals surface area contributed by atoms with Gasteiger partial charge in [0.1, 0.15) is 39.6 Å². The van der Waals surface area contributed by atoms with Crippen molar-refractivity contribution >= 4 is 64.6 Å². The molecule has 3 heterocycles. The predicted octanol–water partition coefficient (Wildman–Crippen LogP) is 5.10. The smallest absolute Gasteiger partial charge is 0.391 e. The summed E-state index contributed by atoms with van der Waals surface area (Å²) < 4.78 is 73.3. The highest BCUT2D eigenvalue weighted by Gasteiger charge is 2.34. The first-order valence-electron chi connectivity index (χ1n) is 21.6. The van der Waals surface area contributed by atoms with Gasteiger partial charge < -0.3 is 50.0 Å². The van der Waals surface area contributed by atoms with Crippen molar-refractivity contribution in [3.63, 3.8) is 0 Å². The fourth-order valence-electron chi connectivity index (χ4n) is 8.41. The zero-order chi connectivity index (χ0) is 52.2. The first-order chi connectivity index (χ1) is 34.1. The summed E-state index contributed by atoms with van der Waals surface area (Å²) >= 11 is 0.676. The minimum atomic E-state index is -4.84. The summed E-state index contributed by atoms with van der Waals surface area (Å²) in [5, 5.41) is 55.2. The highest BCUT2D eigenvalue weighted by atomic mass is 32.2. The summed E-state index contributed by atoms with van der Waals surface area (Å²) in [6, 6.07) is 12.6. The number of carbonyl (C=O) groups is 6. The minimum Gasteiger partial charge on any atom is -0.493 e. The van der Waals surface area contributed by atoms with E-state index in [1.807, 2.05) is 4.72 Å². The van der Waals surface area contributed by atoms with E-state index in [9.17, 15) is 71.5 Å². The Morgan fingerprint density at radius 3 is 1.79 bits per heavy atom. The molecule has 8 N–H and O–H groups in total. The van der Waals surface area contributed by atoms with Crippen LogP contribution in [-0.4, -0.2) is 102 Å². The van der Waals surface area contributed by atoms with Crippen LogP contribution in [0.2, 0.25) is 0 Å². The van der Waals surface area contributed by atoms with E-state index in [4.69, 9.17) is 19.3 Å². The number of carboxylic acid groups (broad SMARTS) is 4. The molecule has 0 saturated heterocycles. The highest BCUT2D eigenvalue weighted by Crippen LogP contribution is 2.49. The van der Waals surface area contributed by atoms with Gasteiger partial charge in [-0.3, -0.25) is 28.8 Å². The van der Waals surface area contributed by atoms with Gasteiger partial charge in [-0.1, -0.05) is 12.1 Å². The molecule has 1 aromatic heterocycles. The van der Waals surface area contributed by atoms with Crippen molar-refractivity contribution in [2.45, 2.75) is 49.7 Å². The van der Waals surface area contributed by atoms with Crippen LogP contribution in [0, 0.1) is 24.1 Å². The Balaban J connectivity index is 1.48. The number of rotatable bonds is 17. The maximum atomic E-state index is 14.2. The van der Waals surface area contributed by atoms with Crippen LogP contribution in [0.1, 0.15) is 66.9 Å². The molecule has 1 unspecified atom stereocenters. The molecule has 0 aliphatic carbocycles. The molecule has 4 aromatic carbocycles. The molecule has 2 amide bonds. The van der Waals surface area contributed by atoms with Crippen molar-refractivity contribution in [3.05, 3.63) is 105 Å². The third kappa shape index (κ3) is 11.4. The molecular weight excluding hydrogens is 1010 g/mol. The van der Waals surface area contributed by atoms with E-state index in [1.54, 1.807) is 13.0 Å². The summed E-state index contributed by atoms with van der Waals surface area (Å²) in [5.74, 6) is -8.97. The number of hydrogen-bond donors (Lipinski definition) is 8. The van der Waals surface area contributed by atoms with Crippen LogP contribution in [-0.2, 0) is 59.4 Å². The number of nitrogens with one attached hydrogen (secondary N) is 3. The lowest BCUT2D eigenvalue weighted by Crippen LogP contribution is -2.28. The Bertz CT molecular complexity index is 3310. The summed E-state index contributed by atoms with van der Waals surface area (Å²) in [6.07, 6.45) is -3.94. The molecule has 0 saturated carbocycles. The van der Waals surface area contributed by atoms with Crippen LogP contribution in [0.15, 0.2) is 58.8 Å². The fraction of sp³-hybridized carbons (Fsp3) is 0.255. The second-order valence-corrected chi connectivity index (χ2v) is 21.1. The molecule has 376 valence electrons. The number of carbonyl (C=O) groups excluding carboxylic acids is 2. The third-order valence-corrected chi connectivity index (χ3v) is 15.7. The Kier molecular flexibility index (Phi) is 15.5. The van der Waals surface area contributed by atoms with Crippen LogP contribution in [0.5, 0.6) is 17.2 Å². The van der Waals surface area contributed by atoms with Crippen molar-refractivity contribution in [2.24, 2.45) is 0 Å². The molecule has 21 nitrogen and oxygen atoms in total. The number of nitrogens with zero attached hydrogens (tertiary/aromatic N) is 1. The van der Waals surface area contributed by atoms with Gasteiger partial charge in [-0.05, 0) is 101 Å². The summed E-state index contributed by atoms with van der Waals surface area (Å²) in [4.78, 5) is 89.2. The maximum Gasteiger partial charge on any atom is 0.391 e. The lowest BCUT2D eigenvalue weighted by Gasteiger charge is -2.26. The molecule has 0 fully saturated rings. The van der Waals surface area contributed by atoms with Gasteiger partial charge in [0.25, 0.3) is 21.8 Å². The Morgan fingerprint density at radius 2 is 1.26 bits per heavy atom. The van der Waals surface area contributed by atoms with Crippen LogP contribution in [0.25, 0.3) is 32.7 Å². The number of hydrogen-bond acceptors (Lipinski definition) is 14. The number of aliphatic carboxylic acids is 4. The van der Waals surface area contributed by atoms with E-state index in [0.29, 0.717) is 17.4 Å². The maximum absolute atomic E-state index is 14.2. The standard InChI is InChI=1S/C47H42FN4O17PS2/c1-23-26(37-8-9-42(71-37)72(65,66)52-22-70(63,64)69-25-5-4-24(21-49)34(48)14-25)6-7-27(28-15-35-32(19-40(57)58)44(30(28)17-38(53)54)46(61)50-10-2-12-67-35)43(23)29-16-36-33(20-41(59)60)45(31(29)18-39(55)56)47(62)51-11-3-13-68-36/h4-9,14-16,52H,2-3,10-13,17-20,22H2,1H3,(H,50,61)(H,51,62)(H,53,54)(H,55,56)(H,57,58)(H,59,60)(H,63,64). The van der Waals surface area contributed by atoms with Gasteiger partial charge in [0.15, 0.2) is 0 Å². The van der Waals surface area contributed by atoms with E-state index in [1.165, 1.54) is 36.4 Å². The van der Waals surface area contributed by atoms with Crippen molar-refractivity contribution in [3.8, 4) is 56.0 Å². The van der Waals surface area contributed by atoms with Crippen LogP contribution in [0.3, 0.4) is 0 Å². The number of carboxylic acids is 4. The number of sulfonamides is 1. The number of amides is 2. The summed E-state index contributed by atoms with van der Waals surface area (Å²) in [5.41, 5.74) is -0.993. The molecular formula is C47H42FN4O17PS2. The monoisotopic (exact) mass is 1050 g/mol. The number of halogens is 1. The van der Waals surface area contributed by atoms with Gasteiger partial charge in [0.05, 0.1) is 55.6 Å². The lowest BCUT2D eigenvalue weighted by atomic mass is 9.79.